The van der Waals surface area contributed by atoms with E-state index in [1.165, 1.54) is 0 Å². The molecule has 0 fully saturated rings. The quantitative estimate of drug-likeness (QED) is 0.626. The predicted molar refractivity (Wildman–Crippen MR) is 71.5 cm³/mol. The van der Waals surface area contributed by atoms with Gasteiger partial charge in [0.05, 0.1) is 17.3 Å². The monoisotopic (exact) mass is 253 g/mol. The van der Waals surface area contributed by atoms with E-state index < -0.39 is 0 Å². The molecule has 0 saturated carbocycles. The van der Waals surface area contributed by atoms with Gasteiger partial charge in [-0.15, -0.1) is 0 Å². The molecule has 0 unspecified atom stereocenters. The first-order valence-electron chi connectivity index (χ1n) is 5.44. The Morgan fingerprint density at radius 1 is 1.41 bits per heavy atom. The molecule has 0 aliphatic carbocycles. The van der Waals surface area contributed by atoms with Crippen LogP contribution < -0.4 is 10.7 Å². The number of hydrogen-bond acceptors (Lipinski definition) is 3. The van der Waals surface area contributed by atoms with Crippen LogP contribution in [0.5, 0.6) is 0 Å². The van der Waals surface area contributed by atoms with Gasteiger partial charge >= 0.3 is 0 Å². The zero-order valence-corrected chi connectivity index (χ0v) is 10.7. The van der Waals surface area contributed by atoms with Gasteiger partial charge in [-0.1, -0.05) is 30.7 Å². The molecule has 1 rings (SSSR count). The zero-order valence-electron chi connectivity index (χ0n) is 9.96. The van der Waals surface area contributed by atoms with Crippen LogP contribution in [0.25, 0.3) is 0 Å². The molecule has 5 heteroatoms. The highest BCUT2D eigenvalue weighted by Crippen LogP contribution is 2.19. The summed E-state index contributed by atoms with van der Waals surface area (Å²) in [5.41, 5.74) is 4.09. The fourth-order valence-electron chi connectivity index (χ4n) is 1.06. The van der Waals surface area contributed by atoms with Gasteiger partial charge in [0, 0.05) is 5.71 Å². The van der Waals surface area contributed by atoms with Crippen LogP contribution >= 0.6 is 11.6 Å². The first kappa shape index (κ1) is 13.5. The molecule has 0 saturated heterocycles. The highest BCUT2D eigenvalue weighted by Gasteiger charge is 2.02. The van der Waals surface area contributed by atoms with Gasteiger partial charge in [-0.05, 0) is 25.5 Å². The lowest BCUT2D eigenvalue weighted by molar-refractivity contribution is -0.119. The maximum absolute atomic E-state index is 11.4. The Kier molecular flexibility index (Phi) is 5.49. The number of carbonyl (C=O) groups is 1. The maximum atomic E-state index is 11.4. The van der Waals surface area contributed by atoms with Gasteiger partial charge in [0.25, 0.3) is 5.91 Å². The molecule has 1 aromatic rings. The third-order valence-corrected chi connectivity index (χ3v) is 2.53. The SMILES string of the molecule is CC/C(C)=N/NC(=O)CNc1ccccc1Cl. The molecule has 4 nitrogen and oxygen atoms in total. The molecule has 0 aliphatic heterocycles. The Morgan fingerprint density at radius 3 is 2.76 bits per heavy atom. The Balaban J connectivity index is 2.41. The van der Waals surface area contributed by atoms with Gasteiger partial charge in [0.1, 0.15) is 0 Å². The maximum Gasteiger partial charge on any atom is 0.259 e. The summed E-state index contributed by atoms with van der Waals surface area (Å²) in [7, 11) is 0. The van der Waals surface area contributed by atoms with Crippen molar-refractivity contribution in [2.45, 2.75) is 20.3 Å². The molecule has 0 aliphatic rings. The minimum absolute atomic E-state index is 0.143. The molecule has 0 spiro atoms. The van der Waals surface area contributed by atoms with E-state index in [-0.39, 0.29) is 12.5 Å². The van der Waals surface area contributed by atoms with Gasteiger partial charge < -0.3 is 5.32 Å². The van der Waals surface area contributed by atoms with Crippen molar-refractivity contribution in [1.29, 1.82) is 0 Å². The van der Waals surface area contributed by atoms with Crippen molar-refractivity contribution in [3.05, 3.63) is 29.3 Å². The highest BCUT2D eigenvalue weighted by atomic mass is 35.5. The minimum Gasteiger partial charge on any atom is -0.375 e. The van der Waals surface area contributed by atoms with Gasteiger partial charge in [-0.3, -0.25) is 4.79 Å². The van der Waals surface area contributed by atoms with Crippen molar-refractivity contribution in [2.75, 3.05) is 11.9 Å². The van der Waals surface area contributed by atoms with Crippen molar-refractivity contribution in [2.24, 2.45) is 5.10 Å². The van der Waals surface area contributed by atoms with Crippen LogP contribution in [0.2, 0.25) is 5.02 Å². The second-order valence-corrected chi connectivity index (χ2v) is 3.98. The number of halogens is 1. The highest BCUT2D eigenvalue weighted by molar-refractivity contribution is 6.33. The van der Waals surface area contributed by atoms with Crippen LogP contribution in [0.15, 0.2) is 29.4 Å². The van der Waals surface area contributed by atoms with Crippen molar-refractivity contribution >= 4 is 28.9 Å². The summed E-state index contributed by atoms with van der Waals surface area (Å²) in [6.07, 6.45) is 0.818. The Labute approximate surface area is 106 Å². The van der Waals surface area contributed by atoms with Crippen molar-refractivity contribution in [3.63, 3.8) is 0 Å². The fraction of sp³-hybridized carbons (Fsp3) is 0.333. The number of benzene rings is 1. The summed E-state index contributed by atoms with van der Waals surface area (Å²) < 4.78 is 0. The summed E-state index contributed by atoms with van der Waals surface area (Å²) in [6.45, 7) is 3.99. The van der Waals surface area contributed by atoms with E-state index >= 15 is 0 Å². The third-order valence-electron chi connectivity index (χ3n) is 2.20. The number of rotatable bonds is 5. The second kappa shape index (κ2) is 6.91. The fourth-order valence-corrected chi connectivity index (χ4v) is 1.26. The lowest BCUT2D eigenvalue weighted by atomic mass is 10.3. The van der Waals surface area contributed by atoms with Crippen LogP contribution in [0.4, 0.5) is 5.69 Å². The average molecular weight is 254 g/mol. The van der Waals surface area contributed by atoms with Crippen LogP contribution in [-0.2, 0) is 4.79 Å². The lowest BCUT2D eigenvalue weighted by Crippen LogP contribution is -2.26. The average Bonchev–Trinajstić information content (AvgIpc) is 2.35. The van der Waals surface area contributed by atoms with E-state index in [1.54, 1.807) is 6.07 Å². The molecule has 1 aromatic carbocycles. The minimum atomic E-state index is -0.197. The van der Waals surface area contributed by atoms with Crippen LogP contribution in [0, 0.1) is 0 Å². The van der Waals surface area contributed by atoms with Crippen LogP contribution in [-0.4, -0.2) is 18.2 Å². The summed E-state index contributed by atoms with van der Waals surface area (Å²) in [5, 5.41) is 7.45. The smallest absolute Gasteiger partial charge is 0.259 e. The Bertz CT molecular complexity index is 418. The molecule has 0 heterocycles. The first-order valence-corrected chi connectivity index (χ1v) is 5.81. The van der Waals surface area contributed by atoms with E-state index in [4.69, 9.17) is 11.6 Å². The molecule has 0 radical (unpaired) electrons. The molecule has 92 valence electrons. The number of para-hydroxylation sites is 1. The number of anilines is 1. The van der Waals surface area contributed by atoms with E-state index in [9.17, 15) is 4.79 Å². The van der Waals surface area contributed by atoms with E-state index in [0.717, 1.165) is 17.8 Å². The molecular formula is C12H16ClN3O. The molecule has 2 N–H and O–H groups in total. The van der Waals surface area contributed by atoms with E-state index in [0.29, 0.717) is 5.02 Å². The molecular weight excluding hydrogens is 238 g/mol. The summed E-state index contributed by atoms with van der Waals surface area (Å²) in [5.74, 6) is -0.197. The Hall–Kier alpha value is -1.55. The lowest BCUT2D eigenvalue weighted by Gasteiger charge is -2.07. The number of carbonyl (C=O) groups excluding carboxylic acids is 1. The number of hydrogen-bond donors (Lipinski definition) is 2. The summed E-state index contributed by atoms with van der Waals surface area (Å²) in [6, 6.07) is 7.27. The largest absolute Gasteiger partial charge is 0.375 e. The summed E-state index contributed by atoms with van der Waals surface area (Å²) >= 11 is 5.94. The number of amides is 1. The third kappa shape index (κ3) is 4.87. The number of nitrogens with zero attached hydrogens (tertiary/aromatic N) is 1. The topological polar surface area (TPSA) is 53.5 Å². The normalized spacial score (nSPS) is 11.1. The molecule has 0 atom stereocenters. The van der Waals surface area contributed by atoms with Crippen molar-refractivity contribution in [1.82, 2.24) is 5.43 Å². The van der Waals surface area contributed by atoms with E-state index in [1.807, 2.05) is 32.0 Å². The predicted octanol–water partition coefficient (Wildman–Crippen LogP) is 2.65. The standard InChI is InChI=1S/C12H16ClN3O/c1-3-9(2)15-16-12(17)8-14-11-7-5-4-6-10(11)13/h4-7,14H,3,8H2,1-2H3,(H,16,17)/b15-9+. The van der Waals surface area contributed by atoms with Crippen LogP contribution in [0.3, 0.4) is 0 Å². The van der Waals surface area contributed by atoms with Gasteiger partial charge in [-0.25, -0.2) is 5.43 Å². The molecule has 1 amide bonds. The van der Waals surface area contributed by atoms with E-state index in [2.05, 4.69) is 15.8 Å². The number of nitrogens with one attached hydrogen (secondary N) is 2. The van der Waals surface area contributed by atoms with Crippen molar-refractivity contribution < 1.29 is 4.79 Å². The first-order chi connectivity index (χ1) is 8.13. The summed E-state index contributed by atoms with van der Waals surface area (Å²) in [4.78, 5) is 11.4. The number of hydrazone groups is 1. The van der Waals surface area contributed by atoms with Gasteiger partial charge in [-0.2, -0.15) is 5.10 Å². The second-order valence-electron chi connectivity index (χ2n) is 3.57. The molecule has 17 heavy (non-hydrogen) atoms. The van der Waals surface area contributed by atoms with Crippen LogP contribution in [0.1, 0.15) is 20.3 Å². The Morgan fingerprint density at radius 2 is 2.12 bits per heavy atom. The molecule has 0 bridgehead atoms. The van der Waals surface area contributed by atoms with Crippen molar-refractivity contribution in [3.8, 4) is 0 Å². The van der Waals surface area contributed by atoms with Gasteiger partial charge in [0.15, 0.2) is 0 Å². The molecule has 0 aromatic heterocycles. The zero-order chi connectivity index (χ0) is 12.7. The van der Waals surface area contributed by atoms with Gasteiger partial charge in [0.2, 0.25) is 0 Å².